The van der Waals surface area contributed by atoms with Crippen LogP contribution in [0.15, 0.2) is 24.3 Å². The Balaban J connectivity index is 2.33. The third kappa shape index (κ3) is 1.29. The summed E-state index contributed by atoms with van der Waals surface area (Å²) in [6.45, 7) is 2.48. The largest absolute Gasteiger partial charge is 0.490 e. The molecule has 0 bridgehead atoms. The predicted molar refractivity (Wildman–Crippen MR) is 41.5 cm³/mol. The molecule has 0 aliphatic carbocycles. The molecule has 0 unspecified atom stereocenters. The standard InChI is InChI=1S/C9H9O2/c1-2-5-9-8(4-1)10-6-3-7-11-9/h1-2,4-6H,3,7H2. The van der Waals surface area contributed by atoms with Crippen LogP contribution in [-0.2, 0) is 0 Å². The maximum Gasteiger partial charge on any atom is 0.161 e. The van der Waals surface area contributed by atoms with Crippen LogP contribution < -0.4 is 9.47 Å². The van der Waals surface area contributed by atoms with Gasteiger partial charge in [0.15, 0.2) is 11.5 Å². The second-order valence-corrected chi connectivity index (χ2v) is 2.37. The van der Waals surface area contributed by atoms with E-state index in [2.05, 4.69) is 0 Å². The van der Waals surface area contributed by atoms with Gasteiger partial charge in [0.25, 0.3) is 0 Å². The van der Waals surface area contributed by atoms with E-state index < -0.39 is 0 Å². The monoisotopic (exact) mass is 149 g/mol. The van der Waals surface area contributed by atoms with Crippen molar-refractivity contribution in [2.75, 3.05) is 6.61 Å². The molecule has 1 heterocycles. The second-order valence-electron chi connectivity index (χ2n) is 2.37. The van der Waals surface area contributed by atoms with Crippen molar-refractivity contribution >= 4 is 0 Å². The molecule has 1 aliphatic rings. The number of hydrogen-bond donors (Lipinski definition) is 0. The summed E-state index contributed by atoms with van der Waals surface area (Å²) in [4.78, 5) is 0. The van der Waals surface area contributed by atoms with Crippen LogP contribution in [-0.4, -0.2) is 6.61 Å². The molecule has 1 aliphatic heterocycles. The van der Waals surface area contributed by atoms with Crippen LogP contribution in [0.4, 0.5) is 0 Å². The zero-order chi connectivity index (χ0) is 7.52. The number of para-hydroxylation sites is 2. The van der Waals surface area contributed by atoms with E-state index in [1.165, 1.54) is 0 Å². The van der Waals surface area contributed by atoms with Crippen molar-refractivity contribution in [2.24, 2.45) is 0 Å². The Bertz CT molecular complexity index is 220. The summed E-state index contributed by atoms with van der Waals surface area (Å²) in [6, 6.07) is 7.68. The van der Waals surface area contributed by atoms with Crippen LogP contribution in [0.3, 0.4) is 0 Å². The number of rotatable bonds is 0. The molecular weight excluding hydrogens is 140 g/mol. The second kappa shape index (κ2) is 2.82. The van der Waals surface area contributed by atoms with Crippen molar-refractivity contribution in [3.8, 4) is 11.5 Å². The van der Waals surface area contributed by atoms with Crippen LogP contribution in [0.5, 0.6) is 11.5 Å². The number of hydrogen-bond acceptors (Lipinski definition) is 2. The minimum absolute atomic E-state index is 0.705. The summed E-state index contributed by atoms with van der Waals surface area (Å²) in [5, 5.41) is 0. The number of ether oxygens (including phenoxy) is 2. The Morgan fingerprint density at radius 1 is 1.09 bits per heavy atom. The molecule has 0 fully saturated rings. The van der Waals surface area contributed by atoms with Crippen LogP contribution in [0, 0.1) is 6.61 Å². The Morgan fingerprint density at radius 3 is 2.82 bits per heavy atom. The summed E-state index contributed by atoms with van der Waals surface area (Å²) < 4.78 is 10.7. The van der Waals surface area contributed by atoms with E-state index >= 15 is 0 Å². The lowest BCUT2D eigenvalue weighted by Crippen LogP contribution is -1.93. The van der Waals surface area contributed by atoms with E-state index in [0.717, 1.165) is 17.9 Å². The Morgan fingerprint density at radius 2 is 1.91 bits per heavy atom. The SMILES string of the molecule is [CH]1CCOc2ccccc2O1. The molecule has 2 nitrogen and oxygen atoms in total. The lowest BCUT2D eigenvalue weighted by molar-refractivity contribution is 0.325. The maximum atomic E-state index is 5.39. The van der Waals surface area contributed by atoms with E-state index in [1.54, 1.807) is 6.61 Å². The van der Waals surface area contributed by atoms with Gasteiger partial charge in [0.05, 0.1) is 6.61 Å². The average molecular weight is 149 g/mol. The quantitative estimate of drug-likeness (QED) is 0.561. The molecule has 0 saturated heterocycles. The minimum atomic E-state index is 0.705. The van der Waals surface area contributed by atoms with Gasteiger partial charge in [-0.05, 0) is 12.1 Å². The van der Waals surface area contributed by atoms with E-state index in [1.807, 2.05) is 24.3 Å². The first-order valence-corrected chi connectivity index (χ1v) is 3.67. The highest BCUT2D eigenvalue weighted by molar-refractivity contribution is 5.40. The van der Waals surface area contributed by atoms with E-state index in [4.69, 9.17) is 9.47 Å². The van der Waals surface area contributed by atoms with Gasteiger partial charge >= 0.3 is 0 Å². The zero-order valence-electron chi connectivity index (χ0n) is 6.12. The first-order chi connectivity index (χ1) is 5.47. The molecule has 0 amide bonds. The van der Waals surface area contributed by atoms with Crippen LogP contribution >= 0.6 is 0 Å². The summed E-state index contributed by atoms with van der Waals surface area (Å²) in [5.41, 5.74) is 0. The summed E-state index contributed by atoms with van der Waals surface area (Å²) in [5.74, 6) is 1.64. The molecule has 0 aromatic heterocycles. The van der Waals surface area contributed by atoms with Crippen molar-refractivity contribution in [1.82, 2.24) is 0 Å². The molecule has 1 aromatic carbocycles. The van der Waals surface area contributed by atoms with Gasteiger partial charge in [0.1, 0.15) is 6.61 Å². The highest BCUT2D eigenvalue weighted by Crippen LogP contribution is 2.28. The van der Waals surface area contributed by atoms with Gasteiger partial charge < -0.3 is 9.47 Å². The molecule has 2 rings (SSSR count). The third-order valence-corrected chi connectivity index (χ3v) is 1.55. The third-order valence-electron chi connectivity index (χ3n) is 1.55. The van der Waals surface area contributed by atoms with Crippen LogP contribution in [0.1, 0.15) is 6.42 Å². The van der Waals surface area contributed by atoms with Crippen LogP contribution in [0.25, 0.3) is 0 Å². The fourth-order valence-electron chi connectivity index (χ4n) is 1.03. The van der Waals surface area contributed by atoms with Gasteiger partial charge in [-0.25, -0.2) is 0 Å². The average Bonchev–Trinajstić information content (AvgIpc) is 2.28. The van der Waals surface area contributed by atoms with Crippen molar-refractivity contribution in [1.29, 1.82) is 0 Å². The molecule has 11 heavy (non-hydrogen) atoms. The van der Waals surface area contributed by atoms with Crippen LogP contribution in [0.2, 0.25) is 0 Å². The van der Waals surface area contributed by atoms with Gasteiger partial charge in [0, 0.05) is 6.42 Å². The molecule has 0 saturated carbocycles. The summed E-state index contributed by atoms with van der Waals surface area (Å²) >= 11 is 0. The van der Waals surface area contributed by atoms with Gasteiger partial charge in [0.2, 0.25) is 0 Å². The predicted octanol–water partition coefficient (Wildman–Crippen LogP) is 2.01. The molecule has 0 N–H and O–H groups in total. The fourth-order valence-corrected chi connectivity index (χ4v) is 1.03. The normalized spacial score (nSPS) is 15.6. The topological polar surface area (TPSA) is 18.5 Å². The van der Waals surface area contributed by atoms with Crippen molar-refractivity contribution in [2.45, 2.75) is 6.42 Å². The number of benzene rings is 1. The summed E-state index contributed by atoms with van der Waals surface area (Å²) in [6.07, 6.45) is 0.842. The Hall–Kier alpha value is -1.18. The molecule has 1 aromatic rings. The molecule has 0 spiro atoms. The highest BCUT2D eigenvalue weighted by Gasteiger charge is 2.07. The maximum absolute atomic E-state index is 5.39. The number of fused-ring (bicyclic) bond motifs is 1. The van der Waals surface area contributed by atoms with E-state index in [9.17, 15) is 0 Å². The minimum Gasteiger partial charge on any atom is -0.490 e. The van der Waals surface area contributed by atoms with Crippen molar-refractivity contribution in [3.05, 3.63) is 30.9 Å². The van der Waals surface area contributed by atoms with Crippen molar-refractivity contribution in [3.63, 3.8) is 0 Å². The highest BCUT2D eigenvalue weighted by atomic mass is 16.5. The lowest BCUT2D eigenvalue weighted by Gasteiger charge is -2.04. The van der Waals surface area contributed by atoms with Gasteiger partial charge in [-0.15, -0.1) is 0 Å². The van der Waals surface area contributed by atoms with E-state index in [-0.39, 0.29) is 0 Å². The Labute approximate surface area is 65.7 Å². The zero-order valence-corrected chi connectivity index (χ0v) is 6.12. The smallest absolute Gasteiger partial charge is 0.161 e. The molecule has 0 atom stereocenters. The molecule has 57 valence electrons. The fraction of sp³-hybridized carbons (Fsp3) is 0.222. The lowest BCUT2D eigenvalue weighted by atomic mass is 10.3. The Kier molecular flexibility index (Phi) is 1.68. The van der Waals surface area contributed by atoms with Gasteiger partial charge in [-0.3, -0.25) is 0 Å². The molecular formula is C9H9O2. The van der Waals surface area contributed by atoms with Gasteiger partial charge in [-0.1, -0.05) is 12.1 Å². The first kappa shape index (κ1) is 6.53. The molecule has 2 heteroatoms. The first-order valence-electron chi connectivity index (χ1n) is 3.67. The van der Waals surface area contributed by atoms with Crippen molar-refractivity contribution < 1.29 is 9.47 Å². The summed E-state index contributed by atoms with van der Waals surface area (Å²) in [7, 11) is 0. The van der Waals surface area contributed by atoms with Gasteiger partial charge in [-0.2, -0.15) is 0 Å². The molecule has 1 radical (unpaired) electrons. The van der Waals surface area contributed by atoms with E-state index in [0.29, 0.717) is 6.61 Å².